The van der Waals surface area contributed by atoms with Gasteiger partial charge in [0.2, 0.25) is 5.78 Å². The summed E-state index contributed by atoms with van der Waals surface area (Å²) in [6.45, 7) is 0. The standard InChI is InChI=1S/C27H22ClN5O3/c1-32(2)27(35)18-8-4-6-10-24(18)36-17-11-12-23(20(28)14-17)33-26(29)19(15-30-33)25(34)22-13-16-7-3-5-9-21(16)31-22/h3-15,31H,29H2,1-2H3. The quantitative estimate of drug-likeness (QED) is 0.308. The first-order valence-corrected chi connectivity index (χ1v) is 11.5. The summed E-state index contributed by atoms with van der Waals surface area (Å²) in [5.74, 6) is 0.557. The molecule has 0 fully saturated rings. The lowest BCUT2D eigenvalue weighted by molar-refractivity contribution is 0.0825. The number of aromatic nitrogens is 3. The summed E-state index contributed by atoms with van der Waals surface area (Å²) in [4.78, 5) is 30.2. The summed E-state index contributed by atoms with van der Waals surface area (Å²) in [5.41, 5.74) is 8.76. The number of amides is 1. The minimum Gasteiger partial charge on any atom is -0.456 e. The lowest BCUT2D eigenvalue weighted by Gasteiger charge is -2.15. The summed E-state index contributed by atoms with van der Waals surface area (Å²) >= 11 is 6.55. The Morgan fingerprint density at radius 3 is 2.50 bits per heavy atom. The lowest BCUT2D eigenvalue weighted by Crippen LogP contribution is -2.22. The molecule has 1 amide bonds. The number of rotatable bonds is 6. The fraction of sp³-hybridized carbons (Fsp3) is 0.0741. The fourth-order valence-electron chi connectivity index (χ4n) is 3.89. The number of benzene rings is 3. The molecular formula is C27H22ClN5O3. The Balaban J connectivity index is 1.42. The van der Waals surface area contributed by atoms with Crippen molar-refractivity contribution in [3.05, 3.63) is 101 Å². The van der Waals surface area contributed by atoms with E-state index < -0.39 is 0 Å². The van der Waals surface area contributed by atoms with E-state index in [0.717, 1.165) is 10.9 Å². The molecule has 0 aliphatic carbocycles. The van der Waals surface area contributed by atoms with Gasteiger partial charge >= 0.3 is 0 Å². The zero-order valence-electron chi connectivity index (χ0n) is 19.5. The molecule has 0 atom stereocenters. The molecule has 8 nitrogen and oxygen atoms in total. The molecule has 36 heavy (non-hydrogen) atoms. The summed E-state index contributed by atoms with van der Waals surface area (Å²) in [5, 5.41) is 5.54. The third kappa shape index (κ3) is 4.18. The van der Waals surface area contributed by atoms with E-state index in [1.807, 2.05) is 24.3 Å². The van der Waals surface area contributed by atoms with Crippen LogP contribution in [0.25, 0.3) is 16.6 Å². The van der Waals surface area contributed by atoms with E-state index in [2.05, 4.69) is 10.1 Å². The van der Waals surface area contributed by atoms with Crippen molar-refractivity contribution in [3.63, 3.8) is 0 Å². The molecule has 0 aliphatic rings. The number of nitrogen functional groups attached to an aromatic ring is 1. The third-order valence-corrected chi connectivity index (χ3v) is 6.03. The van der Waals surface area contributed by atoms with Gasteiger partial charge in [-0.25, -0.2) is 4.68 Å². The van der Waals surface area contributed by atoms with Gasteiger partial charge in [-0.05, 0) is 36.4 Å². The number of H-pyrrole nitrogens is 1. The van der Waals surface area contributed by atoms with Crippen molar-refractivity contribution in [2.24, 2.45) is 0 Å². The number of aromatic amines is 1. The molecule has 2 heterocycles. The maximum absolute atomic E-state index is 13.1. The molecule has 0 saturated carbocycles. The number of anilines is 1. The van der Waals surface area contributed by atoms with E-state index in [1.54, 1.807) is 62.6 Å². The molecule has 5 aromatic rings. The van der Waals surface area contributed by atoms with Crippen LogP contribution in [-0.4, -0.2) is 45.5 Å². The number of halogens is 1. The molecule has 3 N–H and O–H groups in total. The first kappa shape index (κ1) is 23.2. The molecular weight excluding hydrogens is 478 g/mol. The Morgan fingerprint density at radius 1 is 1.00 bits per heavy atom. The summed E-state index contributed by atoms with van der Waals surface area (Å²) < 4.78 is 7.37. The topological polar surface area (TPSA) is 106 Å². The number of carbonyl (C=O) groups excluding carboxylic acids is 2. The number of hydrogen-bond donors (Lipinski definition) is 2. The van der Waals surface area contributed by atoms with Gasteiger partial charge in [0.05, 0.1) is 33.7 Å². The van der Waals surface area contributed by atoms with Crippen LogP contribution in [0.3, 0.4) is 0 Å². The van der Waals surface area contributed by atoms with Crippen molar-refractivity contribution >= 4 is 40.0 Å². The summed E-state index contributed by atoms with van der Waals surface area (Å²) in [6, 6.07) is 21.4. The minimum atomic E-state index is -0.270. The van der Waals surface area contributed by atoms with Crippen LogP contribution in [0.15, 0.2) is 79.0 Å². The van der Waals surface area contributed by atoms with Crippen molar-refractivity contribution in [2.75, 3.05) is 19.8 Å². The average molecular weight is 500 g/mol. The number of para-hydroxylation sites is 2. The van der Waals surface area contributed by atoms with Crippen LogP contribution < -0.4 is 10.5 Å². The minimum absolute atomic E-state index is 0.163. The number of hydrogen-bond acceptors (Lipinski definition) is 5. The van der Waals surface area contributed by atoms with Gasteiger partial charge in [0.25, 0.3) is 5.91 Å². The van der Waals surface area contributed by atoms with Gasteiger partial charge in [0, 0.05) is 31.1 Å². The predicted molar refractivity (Wildman–Crippen MR) is 139 cm³/mol. The van der Waals surface area contributed by atoms with Gasteiger partial charge in [-0.15, -0.1) is 0 Å². The van der Waals surface area contributed by atoms with Crippen LogP contribution in [0, 0.1) is 0 Å². The number of nitrogens with two attached hydrogens (primary N) is 1. The van der Waals surface area contributed by atoms with Crippen LogP contribution in [-0.2, 0) is 0 Å². The second kappa shape index (κ2) is 9.24. The second-order valence-electron chi connectivity index (χ2n) is 8.37. The third-order valence-electron chi connectivity index (χ3n) is 5.72. The number of fused-ring (bicyclic) bond motifs is 1. The Bertz CT molecular complexity index is 1590. The van der Waals surface area contributed by atoms with E-state index in [-0.39, 0.29) is 23.1 Å². The Labute approximate surface area is 211 Å². The maximum atomic E-state index is 13.1. The monoisotopic (exact) mass is 499 g/mol. The lowest BCUT2D eigenvalue weighted by atomic mass is 10.1. The van der Waals surface area contributed by atoms with E-state index >= 15 is 0 Å². The molecule has 3 aromatic carbocycles. The van der Waals surface area contributed by atoms with E-state index in [1.165, 1.54) is 15.8 Å². The molecule has 0 radical (unpaired) electrons. The highest BCUT2D eigenvalue weighted by Gasteiger charge is 2.21. The van der Waals surface area contributed by atoms with Crippen molar-refractivity contribution in [2.45, 2.75) is 0 Å². The van der Waals surface area contributed by atoms with E-state index in [0.29, 0.717) is 33.5 Å². The molecule has 2 aromatic heterocycles. The van der Waals surface area contributed by atoms with Crippen LogP contribution >= 0.6 is 11.6 Å². The zero-order chi connectivity index (χ0) is 25.4. The Hall–Kier alpha value is -4.56. The Kier molecular flexibility index (Phi) is 5.95. The first-order chi connectivity index (χ1) is 17.3. The van der Waals surface area contributed by atoms with Gasteiger partial charge in [-0.3, -0.25) is 9.59 Å². The summed E-state index contributed by atoms with van der Waals surface area (Å²) in [6.07, 6.45) is 1.42. The van der Waals surface area contributed by atoms with Crippen molar-refractivity contribution in [1.29, 1.82) is 0 Å². The van der Waals surface area contributed by atoms with Gasteiger partial charge in [0.1, 0.15) is 17.3 Å². The molecule has 5 rings (SSSR count). The Morgan fingerprint density at radius 2 is 1.75 bits per heavy atom. The maximum Gasteiger partial charge on any atom is 0.257 e. The van der Waals surface area contributed by atoms with Crippen LogP contribution in [0.4, 0.5) is 5.82 Å². The zero-order valence-corrected chi connectivity index (χ0v) is 20.3. The molecule has 0 aliphatic heterocycles. The largest absolute Gasteiger partial charge is 0.456 e. The number of nitrogens with zero attached hydrogens (tertiary/aromatic N) is 3. The first-order valence-electron chi connectivity index (χ1n) is 11.1. The number of ketones is 1. The SMILES string of the molecule is CN(C)C(=O)c1ccccc1Oc1ccc(-n2ncc(C(=O)c3cc4ccccc4[nH]3)c2N)c(Cl)c1. The van der Waals surface area contributed by atoms with Crippen molar-refractivity contribution in [3.8, 4) is 17.2 Å². The summed E-state index contributed by atoms with van der Waals surface area (Å²) in [7, 11) is 3.35. The highest BCUT2D eigenvalue weighted by molar-refractivity contribution is 6.32. The van der Waals surface area contributed by atoms with Crippen LogP contribution in [0.1, 0.15) is 26.4 Å². The molecule has 9 heteroatoms. The average Bonchev–Trinajstić information content (AvgIpc) is 3.47. The van der Waals surface area contributed by atoms with Gasteiger partial charge in [0.15, 0.2) is 0 Å². The van der Waals surface area contributed by atoms with E-state index in [9.17, 15) is 9.59 Å². The van der Waals surface area contributed by atoms with Gasteiger partial charge in [-0.1, -0.05) is 41.9 Å². The number of nitrogens with one attached hydrogen (secondary N) is 1. The van der Waals surface area contributed by atoms with Crippen molar-refractivity contribution < 1.29 is 14.3 Å². The van der Waals surface area contributed by atoms with Crippen molar-refractivity contribution in [1.82, 2.24) is 19.7 Å². The fourth-order valence-corrected chi connectivity index (χ4v) is 4.14. The van der Waals surface area contributed by atoms with E-state index in [4.69, 9.17) is 22.1 Å². The second-order valence-corrected chi connectivity index (χ2v) is 8.77. The highest BCUT2D eigenvalue weighted by atomic mass is 35.5. The van der Waals surface area contributed by atoms with Crippen LogP contribution in [0.5, 0.6) is 11.5 Å². The number of ether oxygens (including phenoxy) is 1. The highest BCUT2D eigenvalue weighted by Crippen LogP contribution is 2.32. The normalized spacial score (nSPS) is 11.0. The molecule has 0 unspecified atom stereocenters. The molecule has 180 valence electrons. The molecule has 0 saturated heterocycles. The predicted octanol–water partition coefficient (Wildman–Crippen LogP) is 5.31. The van der Waals surface area contributed by atoms with Gasteiger partial charge in [-0.2, -0.15) is 5.10 Å². The molecule has 0 spiro atoms. The van der Waals surface area contributed by atoms with Gasteiger partial charge < -0.3 is 20.4 Å². The van der Waals surface area contributed by atoms with Crippen LogP contribution in [0.2, 0.25) is 5.02 Å². The molecule has 0 bridgehead atoms. The number of carbonyl (C=O) groups is 2. The smallest absolute Gasteiger partial charge is 0.257 e.